The van der Waals surface area contributed by atoms with Gasteiger partial charge in [0.1, 0.15) is 11.6 Å². The van der Waals surface area contributed by atoms with Gasteiger partial charge in [0.05, 0.1) is 7.11 Å². The van der Waals surface area contributed by atoms with Crippen molar-refractivity contribution in [2.45, 2.75) is 17.3 Å². The van der Waals surface area contributed by atoms with Gasteiger partial charge >= 0.3 is 0 Å². The summed E-state index contributed by atoms with van der Waals surface area (Å²) in [5.41, 5.74) is 1.22. The molecule has 0 fully saturated rings. The maximum atomic E-state index is 5.26. The molecule has 1 unspecified atom stereocenters. The van der Waals surface area contributed by atoms with Gasteiger partial charge < -0.3 is 10.1 Å². The number of nitrogens with zero attached hydrogens (tertiary/aromatic N) is 2. The van der Waals surface area contributed by atoms with Gasteiger partial charge in [-0.2, -0.15) is 4.37 Å². The molecule has 1 atom stereocenters. The molecule has 2 aromatic rings. The van der Waals surface area contributed by atoms with E-state index in [1.54, 1.807) is 18.9 Å². The van der Waals surface area contributed by atoms with Gasteiger partial charge in [-0.05, 0) is 43.2 Å². The van der Waals surface area contributed by atoms with E-state index in [-0.39, 0.29) is 6.04 Å². The van der Waals surface area contributed by atoms with E-state index in [1.807, 2.05) is 26.1 Å². The number of methoxy groups -OCH3 is 1. The lowest BCUT2D eigenvalue weighted by Crippen LogP contribution is -2.18. The molecule has 2 rings (SSSR count). The fourth-order valence-corrected chi connectivity index (χ4v) is 3.51. The molecule has 0 radical (unpaired) electrons. The van der Waals surface area contributed by atoms with Crippen molar-refractivity contribution in [3.63, 3.8) is 0 Å². The normalized spacial score (nSPS) is 12.4. The van der Waals surface area contributed by atoms with Gasteiger partial charge in [0.15, 0.2) is 4.34 Å². The summed E-state index contributed by atoms with van der Waals surface area (Å²) in [5.74, 6) is 2.64. The first-order valence-corrected chi connectivity index (χ1v) is 7.73. The Balaban J connectivity index is 2.02. The van der Waals surface area contributed by atoms with Crippen LogP contribution in [0.1, 0.15) is 17.4 Å². The van der Waals surface area contributed by atoms with Crippen LogP contribution in [0.4, 0.5) is 0 Å². The molecule has 6 heteroatoms. The zero-order chi connectivity index (χ0) is 13.7. The van der Waals surface area contributed by atoms with Crippen LogP contribution in [-0.2, 0) is 0 Å². The zero-order valence-electron chi connectivity index (χ0n) is 11.2. The van der Waals surface area contributed by atoms with Crippen LogP contribution in [0.3, 0.4) is 0 Å². The summed E-state index contributed by atoms with van der Waals surface area (Å²) in [6.45, 7) is 1.91. The highest BCUT2D eigenvalue weighted by molar-refractivity contribution is 8.00. The topological polar surface area (TPSA) is 47.0 Å². The minimum absolute atomic E-state index is 0.268. The van der Waals surface area contributed by atoms with Crippen LogP contribution in [0.2, 0.25) is 0 Å². The van der Waals surface area contributed by atoms with Crippen molar-refractivity contribution < 1.29 is 4.74 Å². The van der Waals surface area contributed by atoms with Gasteiger partial charge in [-0.3, -0.25) is 0 Å². The quantitative estimate of drug-likeness (QED) is 0.830. The molecule has 0 saturated carbocycles. The molecule has 0 saturated heterocycles. The second-order valence-corrected chi connectivity index (χ2v) is 6.06. The summed E-state index contributed by atoms with van der Waals surface area (Å²) in [6, 6.07) is 8.41. The largest absolute Gasteiger partial charge is 0.497 e. The van der Waals surface area contributed by atoms with E-state index >= 15 is 0 Å². The SMILES string of the molecule is CNC(CSc1nc(C)ns1)c1cccc(OC)c1. The predicted molar refractivity (Wildman–Crippen MR) is 80.2 cm³/mol. The Morgan fingerprint density at radius 3 is 2.95 bits per heavy atom. The Morgan fingerprint density at radius 1 is 1.47 bits per heavy atom. The monoisotopic (exact) mass is 295 g/mol. The molecule has 0 spiro atoms. The summed E-state index contributed by atoms with van der Waals surface area (Å²) in [7, 11) is 3.66. The Hall–Kier alpha value is -1.11. The summed E-state index contributed by atoms with van der Waals surface area (Å²) < 4.78 is 10.5. The van der Waals surface area contributed by atoms with Crippen LogP contribution in [0.15, 0.2) is 28.6 Å². The maximum absolute atomic E-state index is 5.26. The first-order valence-electron chi connectivity index (χ1n) is 5.97. The first-order chi connectivity index (χ1) is 9.22. The van der Waals surface area contributed by atoms with E-state index in [2.05, 4.69) is 26.8 Å². The van der Waals surface area contributed by atoms with Gasteiger partial charge in [-0.1, -0.05) is 23.9 Å². The van der Waals surface area contributed by atoms with Crippen LogP contribution in [-0.4, -0.2) is 29.3 Å². The molecule has 0 bridgehead atoms. The van der Waals surface area contributed by atoms with Crippen molar-refractivity contribution in [1.82, 2.24) is 14.7 Å². The highest BCUT2D eigenvalue weighted by atomic mass is 32.2. The highest BCUT2D eigenvalue weighted by Crippen LogP contribution is 2.27. The smallest absolute Gasteiger partial charge is 0.170 e. The summed E-state index contributed by atoms with van der Waals surface area (Å²) in [5, 5.41) is 3.33. The number of ether oxygens (including phenoxy) is 1. The fourth-order valence-electron chi connectivity index (χ4n) is 1.70. The molecule has 0 amide bonds. The summed E-state index contributed by atoms with van der Waals surface area (Å²) >= 11 is 3.18. The standard InChI is InChI=1S/C13H17N3OS2/c1-9-15-13(19-16-9)18-8-12(14-2)10-5-4-6-11(7-10)17-3/h4-7,12,14H,8H2,1-3H3. The van der Waals surface area contributed by atoms with Crippen molar-refractivity contribution in [3.05, 3.63) is 35.7 Å². The van der Waals surface area contributed by atoms with Crippen molar-refractivity contribution >= 4 is 23.3 Å². The van der Waals surface area contributed by atoms with E-state index in [1.165, 1.54) is 17.1 Å². The van der Waals surface area contributed by atoms with E-state index in [0.717, 1.165) is 21.7 Å². The Kier molecular flexibility index (Phi) is 5.18. The summed E-state index contributed by atoms with van der Waals surface area (Å²) in [4.78, 5) is 4.36. The lowest BCUT2D eigenvalue weighted by Gasteiger charge is -2.16. The van der Waals surface area contributed by atoms with Crippen LogP contribution in [0.25, 0.3) is 0 Å². The molecule has 102 valence electrons. The van der Waals surface area contributed by atoms with Gasteiger partial charge in [-0.25, -0.2) is 4.98 Å². The molecule has 1 aromatic carbocycles. The van der Waals surface area contributed by atoms with Crippen molar-refractivity contribution in [3.8, 4) is 5.75 Å². The number of benzene rings is 1. The molecular weight excluding hydrogens is 278 g/mol. The molecule has 1 aromatic heterocycles. The lowest BCUT2D eigenvalue weighted by molar-refractivity contribution is 0.413. The van der Waals surface area contributed by atoms with E-state index in [4.69, 9.17) is 4.74 Å². The predicted octanol–water partition coefficient (Wildman–Crippen LogP) is 2.91. The van der Waals surface area contributed by atoms with E-state index < -0.39 is 0 Å². The molecule has 0 aliphatic carbocycles. The highest BCUT2D eigenvalue weighted by Gasteiger charge is 2.12. The number of hydrogen-bond donors (Lipinski definition) is 1. The van der Waals surface area contributed by atoms with Crippen molar-refractivity contribution in [2.24, 2.45) is 0 Å². The molecule has 0 aliphatic rings. The molecule has 19 heavy (non-hydrogen) atoms. The number of aromatic nitrogens is 2. The number of thioether (sulfide) groups is 1. The Labute approximate surface area is 121 Å². The number of nitrogens with one attached hydrogen (secondary N) is 1. The Morgan fingerprint density at radius 2 is 2.32 bits per heavy atom. The van der Waals surface area contributed by atoms with Gasteiger partial charge in [0.25, 0.3) is 0 Å². The molecule has 4 nitrogen and oxygen atoms in total. The molecule has 1 heterocycles. The van der Waals surface area contributed by atoms with Crippen molar-refractivity contribution in [1.29, 1.82) is 0 Å². The molecule has 1 N–H and O–H groups in total. The minimum atomic E-state index is 0.268. The maximum Gasteiger partial charge on any atom is 0.170 e. The zero-order valence-corrected chi connectivity index (χ0v) is 12.8. The second-order valence-electron chi connectivity index (χ2n) is 4.04. The number of hydrogen-bond acceptors (Lipinski definition) is 6. The average Bonchev–Trinajstić information content (AvgIpc) is 2.85. The van der Waals surface area contributed by atoms with Crippen LogP contribution in [0, 0.1) is 6.92 Å². The van der Waals surface area contributed by atoms with Gasteiger partial charge in [0, 0.05) is 11.8 Å². The fraction of sp³-hybridized carbons (Fsp3) is 0.385. The summed E-state index contributed by atoms with van der Waals surface area (Å²) in [6.07, 6.45) is 0. The van der Waals surface area contributed by atoms with Crippen molar-refractivity contribution in [2.75, 3.05) is 19.9 Å². The first kappa shape index (κ1) is 14.3. The third-order valence-corrected chi connectivity index (χ3v) is 4.75. The number of rotatable bonds is 6. The third-order valence-electron chi connectivity index (χ3n) is 2.73. The van der Waals surface area contributed by atoms with Crippen LogP contribution in [0.5, 0.6) is 5.75 Å². The number of aryl methyl sites for hydroxylation is 1. The van der Waals surface area contributed by atoms with Gasteiger partial charge in [-0.15, -0.1) is 0 Å². The second kappa shape index (κ2) is 6.88. The van der Waals surface area contributed by atoms with E-state index in [0.29, 0.717) is 0 Å². The van der Waals surface area contributed by atoms with E-state index in [9.17, 15) is 0 Å². The average molecular weight is 295 g/mol. The Bertz CT molecular complexity index is 530. The van der Waals surface area contributed by atoms with Gasteiger partial charge in [0.2, 0.25) is 0 Å². The van der Waals surface area contributed by atoms with Crippen LogP contribution < -0.4 is 10.1 Å². The minimum Gasteiger partial charge on any atom is -0.497 e. The van der Waals surface area contributed by atoms with Crippen LogP contribution >= 0.6 is 23.3 Å². The molecule has 0 aliphatic heterocycles. The molecular formula is C13H17N3OS2. The lowest BCUT2D eigenvalue weighted by atomic mass is 10.1. The third kappa shape index (κ3) is 3.92.